The van der Waals surface area contributed by atoms with Gasteiger partial charge in [-0.15, -0.1) is 0 Å². The summed E-state index contributed by atoms with van der Waals surface area (Å²) in [5.41, 5.74) is 0.769. The van der Waals surface area contributed by atoms with Crippen LogP contribution in [0.1, 0.15) is 18.4 Å². The average molecular weight is 281 g/mol. The van der Waals surface area contributed by atoms with Crippen LogP contribution < -0.4 is 5.32 Å². The lowest BCUT2D eigenvalue weighted by atomic mass is 10.2. The SMILES string of the molecule is O=C(COC(=O)[C@H]1CCCO1)NCc1ccc(F)cc1. The Morgan fingerprint density at radius 1 is 1.35 bits per heavy atom. The molecule has 108 valence electrons. The minimum Gasteiger partial charge on any atom is -0.454 e. The highest BCUT2D eigenvalue weighted by atomic mass is 19.1. The first kappa shape index (κ1) is 14.5. The number of esters is 1. The summed E-state index contributed by atoms with van der Waals surface area (Å²) >= 11 is 0. The number of nitrogens with one attached hydrogen (secondary N) is 1. The Bertz CT molecular complexity index is 469. The fourth-order valence-electron chi connectivity index (χ4n) is 1.85. The van der Waals surface area contributed by atoms with Gasteiger partial charge in [-0.05, 0) is 30.5 Å². The van der Waals surface area contributed by atoms with E-state index in [1.807, 2.05) is 0 Å². The average Bonchev–Trinajstić information content (AvgIpc) is 2.98. The van der Waals surface area contributed by atoms with Crippen molar-refractivity contribution >= 4 is 11.9 Å². The standard InChI is InChI=1S/C14H16FNO4/c15-11-5-3-10(4-6-11)8-16-13(17)9-20-14(18)12-2-1-7-19-12/h3-6,12H,1-2,7-9H2,(H,16,17)/t12-/m1/s1. The zero-order valence-corrected chi connectivity index (χ0v) is 10.9. The maximum Gasteiger partial charge on any atom is 0.335 e. The first-order valence-corrected chi connectivity index (χ1v) is 6.44. The molecule has 1 heterocycles. The number of amides is 1. The van der Waals surface area contributed by atoms with E-state index in [9.17, 15) is 14.0 Å². The molecule has 1 N–H and O–H groups in total. The molecule has 0 radical (unpaired) electrons. The molecule has 1 aliphatic rings. The van der Waals surface area contributed by atoms with E-state index in [1.54, 1.807) is 12.1 Å². The van der Waals surface area contributed by atoms with E-state index in [1.165, 1.54) is 12.1 Å². The van der Waals surface area contributed by atoms with E-state index < -0.39 is 18.0 Å². The zero-order valence-electron chi connectivity index (χ0n) is 10.9. The maximum absolute atomic E-state index is 12.7. The van der Waals surface area contributed by atoms with E-state index >= 15 is 0 Å². The quantitative estimate of drug-likeness (QED) is 0.823. The van der Waals surface area contributed by atoms with E-state index in [2.05, 4.69) is 5.32 Å². The molecule has 2 rings (SSSR count). The van der Waals surface area contributed by atoms with Crippen molar-refractivity contribution in [3.8, 4) is 0 Å². The molecule has 0 unspecified atom stereocenters. The molecule has 1 atom stereocenters. The molecule has 0 bridgehead atoms. The van der Waals surface area contributed by atoms with Gasteiger partial charge in [0.2, 0.25) is 0 Å². The van der Waals surface area contributed by atoms with Gasteiger partial charge in [0.1, 0.15) is 5.82 Å². The van der Waals surface area contributed by atoms with Gasteiger partial charge in [-0.3, -0.25) is 4.79 Å². The van der Waals surface area contributed by atoms with Crippen LogP contribution in [-0.4, -0.2) is 31.2 Å². The second-order valence-electron chi connectivity index (χ2n) is 4.51. The van der Waals surface area contributed by atoms with Crippen molar-refractivity contribution in [1.29, 1.82) is 0 Å². The van der Waals surface area contributed by atoms with Crippen molar-refractivity contribution in [2.24, 2.45) is 0 Å². The lowest BCUT2D eigenvalue weighted by Gasteiger charge is -2.10. The lowest BCUT2D eigenvalue weighted by Crippen LogP contribution is -2.31. The third-order valence-corrected chi connectivity index (χ3v) is 2.94. The molecule has 0 aromatic heterocycles. The van der Waals surface area contributed by atoms with Crippen molar-refractivity contribution in [1.82, 2.24) is 5.32 Å². The smallest absolute Gasteiger partial charge is 0.335 e. The van der Waals surface area contributed by atoms with Crippen LogP contribution in [0.2, 0.25) is 0 Å². The number of ether oxygens (including phenoxy) is 2. The van der Waals surface area contributed by atoms with E-state index in [4.69, 9.17) is 9.47 Å². The van der Waals surface area contributed by atoms with Gasteiger partial charge in [-0.2, -0.15) is 0 Å². The van der Waals surface area contributed by atoms with Gasteiger partial charge in [-0.25, -0.2) is 9.18 Å². The highest BCUT2D eigenvalue weighted by Crippen LogP contribution is 2.13. The summed E-state index contributed by atoms with van der Waals surface area (Å²) in [6.07, 6.45) is 0.923. The third kappa shape index (κ3) is 4.31. The normalized spacial score (nSPS) is 17.8. The molecule has 1 aromatic carbocycles. The van der Waals surface area contributed by atoms with Crippen molar-refractivity contribution in [2.45, 2.75) is 25.5 Å². The predicted octanol–water partition coefficient (Wildman–Crippen LogP) is 1.16. The van der Waals surface area contributed by atoms with Crippen LogP contribution in [0.3, 0.4) is 0 Å². The first-order chi connectivity index (χ1) is 9.65. The molecule has 0 saturated carbocycles. The Morgan fingerprint density at radius 3 is 2.75 bits per heavy atom. The second-order valence-corrected chi connectivity index (χ2v) is 4.51. The monoisotopic (exact) mass is 281 g/mol. The number of carbonyl (C=O) groups is 2. The van der Waals surface area contributed by atoms with Gasteiger partial charge in [0.05, 0.1) is 0 Å². The topological polar surface area (TPSA) is 64.6 Å². The van der Waals surface area contributed by atoms with Crippen LogP contribution in [0.5, 0.6) is 0 Å². The Morgan fingerprint density at radius 2 is 2.10 bits per heavy atom. The van der Waals surface area contributed by atoms with Gasteiger partial charge in [-0.1, -0.05) is 12.1 Å². The Labute approximate surface area is 116 Å². The third-order valence-electron chi connectivity index (χ3n) is 2.94. The highest BCUT2D eigenvalue weighted by molar-refractivity contribution is 5.82. The van der Waals surface area contributed by atoms with E-state index in [0.29, 0.717) is 13.0 Å². The number of halogens is 1. The van der Waals surface area contributed by atoms with Crippen molar-refractivity contribution in [2.75, 3.05) is 13.2 Å². The molecule has 1 aliphatic heterocycles. The van der Waals surface area contributed by atoms with Crippen LogP contribution in [0, 0.1) is 5.82 Å². The second kappa shape index (κ2) is 7.00. The molecule has 0 aliphatic carbocycles. The van der Waals surface area contributed by atoms with Crippen LogP contribution in [0.4, 0.5) is 4.39 Å². The summed E-state index contributed by atoms with van der Waals surface area (Å²) in [4.78, 5) is 23.0. The van der Waals surface area contributed by atoms with Gasteiger partial charge >= 0.3 is 5.97 Å². The molecule has 6 heteroatoms. The first-order valence-electron chi connectivity index (χ1n) is 6.44. The summed E-state index contributed by atoms with van der Waals surface area (Å²) in [5, 5.41) is 2.58. The van der Waals surface area contributed by atoms with Crippen LogP contribution in [0.25, 0.3) is 0 Å². The minimum atomic E-state index is -0.542. The van der Waals surface area contributed by atoms with Crippen LogP contribution in [-0.2, 0) is 25.6 Å². The molecule has 20 heavy (non-hydrogen) atoms. The Balaban J connectivity index is 1.67. The highest BCUT2D eigenvalue weighted by Gasteiger charge is 2.25. The predicted molar refractivity (Wildman–Crippen MR) is 68.2 cm³/mol. The summed E-state index contributed by atoms with van der Waals surface area (Å²) in [6.45, 7) is 0.479. The van der Waals surface area contributed by atoms with Gasteiger partial charge in [0.25, 0.3) is 5.91 Å². The van der Waals surface area contributed by atoms with E-state index in [-0.39, 0.29) is 19.0 Å². The largest absolute Gasteiger partial charge is 0.454 e. The molecular formula is C14H16FNO4. The summed E-state index contributed by atoms with van der Waals surface area (Å²) in [5.74, 6) is -1.23. The molecule has 1 aromatic rings. The molecule has 1 fully saturated rings. The van der Waals surface area contributed by atoms with E-state index in [0.717, 1.165) is 12.0 Å². The lowest BCUT2D eigenvalue weighted by molar-refractivity contribution is -0.157. The molecule has 1 saturated heterocycles. The van der Waals surface area contributed by atoms with Gasteiger partial charge < -0.3 is 14.8 Å². The fraction of sp³-hybridized carbons (Fsp3) is 0.429. The Kier molecular flexibility index (Phi) is 5.06. The number of benzene rings is 1. The maximum atomic E-state index is 12.7. The molecule has 5 nitrogen and oxygen atoms in total. The van der Waals surface area contributed by atoms with Crippen molar-refractivity contribution < 1.29 is 23.5 Å². The zero-order chi connectivity index (χ0) is 14.4. The van der Waals surface area contributed by atoms with Crippen molar-refractivity contribution in [3.05, 3.63) is 35.6 Å². The number of rotatable bonds is 5. The summed E-state index contributed by atoms with van der Waals surface area (Å²) < 4.78 is 22.7. The fourth-order valence-corrected chi connectivity index (χ4v) is 1.85. The summed E-state index contributed by atoms with van der Waals surface area (Å²) in [6, 6.07) is 5.79. The van der Waals surface area contributed by atoms with Gasteiger partial charge in [0.15, 0.2) is 12.7 Å². The summed E-state index contributed by atoms with van der Waals surface area (Å²) in [7, 11) is 0. The van der Waals surface area contributed by atoms with Crippen LogP contribution >= 0.6 is 0 Å². The molecular weight excluding hydrogens is 265 g/mol. The van der Waals surface area contributed by atoms with Crippen molar-refractivity contribution in [3.63, 3.8) is 0 Å². The van der Waals surface area contributed by atoms with Gasteiger partial charge in [0, 0.05) is 13.2 Å². The number of hydrogen-bond acceptors (Lipinski definition) is 4. The number of hydrogen-bond donors (Lipinski definition) is 1. The van der Waals surface area contributed by atoms with Crippen LogP contribution in [0.15, 0.2) is 24.3 Å². The molecule has 0 spiro atoms. The number of carbonyl (C=O) groups excluding carboxylic acids is 2. The molecule has 1 amide bonds. The minimum absolute atomic E-state index is 0.261. The Hall–Kier alpha value is -1.95.